The molecule has 2 fully saturated rings. The minimum atomic E-state index is -0.154. The van der Waals surface area contributed by atoms with Gasteiger partial charge in [-0.05, 0) is 58.4 Å². The number of aliphatic hydroxyl groups is 1. The van der Waals surface area contributed by atoms with Gasteiger partial charge in [-0.15, -0.1) is 0 Å². The van der Waals surface area contributed by atoms with E-state index in [1.165, 1.54) is 45.1 Å². The zero-order valence-electron chi connectivity index (χ0n) is 10.9. The standard InChI is InChI=1S/C14H27NO/c1-11(10-12(2)16)15-9-5-7-13-6-3-4-8-14(13)15/h11-14,16H,3-10H2,1-2H3. The highest BCUT2D eigenvalue weighted by Gasteiger charge is 2.35. The van der Waals surface area contributed by atoms with Gasteiger partial charge in [0, 0.05) is 12.1 Å². The zero-order valence-corrected chi connectivity index (χ0v) is 10.9. The van der Waals surface area contributed by atoms with Crippen molar-refractivity contribution in [3.63, 3.8) is 0 Å². The maximum Gasteiger partial charge on any atom is 0.0526 e. The van der Waals surface area contributed by atoms with Crippen molar-refractivity contribution in [2.45, 2.75) is 77.0 Å². The number of aliphatic hydroxyl groups excluding tert-OH is 1. The minimum Gasteiger partial charge on any atom is -0.393 e. The number of likely N-dealkylation sites (tertiary alicyclic amines) is 1. The quantitative estimate of drug-likeness (QED) is 0.798. The van der Waals surface area contributed by atoms with Crippen molar-refractivity contribution in [1.82, 2.24) is 4.90 Å². The first kappa shape index (κ1) is 12.4. The van der Waals surface area contributed by atoms with E-state index in [2.05, 4.69) is 11.8 Å². The fourth-order valence-electron chi connectivity index (χ4n) is 3.84. The molecule has 0 aromatic rings. The van der Waals surface area contributed by atoms with Gasteiger partial charge in [-0.1, -0.05) is 12.8 Å². The number of hydrogen-bond acceptors (Lipinski definition) is 2. The molecule has 0 spiro atoms. The summed E-state index contributed by atoms with van der Waals surface area (Å²) < 4.78 is 0. The van der Waals surface area contributed by atoms with Gasteiger partial charge in [0.15, 0.2) is 0 Å². The number of nitrogens with zero attached hydrogens (tertiary/aromatic N) is 1. The second kappa shape index (κ2) is 5.50. The molecule has 1 saturated heterocycles. The Hall–Kier alpha value is -0.0800. The van der Waals surface area contributed by atoms with E-state index in [4.69, 9.17) is 0 Å². The first-order chi connectivity index (χ1) is 7.68. The van der Waals surface area contributed by atoms with Gasteiger partial charge in [-0.3, -0.25) is 4.90 Å². The van der Waals surface area contributed by atoms with Crippen LogP contribution in [0.3, 0.4) is 0 Å². The third-order valence-electron chi connectivity index (χ3n) is 4.53. The van der Waals surface area contributed by atoms with Crippen LogP contribution in [-0.2, 0) is 0 Å². The largest absolute Gasteiger partial charge is 0.393 e. The van der Waals surface area contributed by atoms with E-state index in [0.29, 0.717) is 6.04 Å². The molecule has 1 N–H and O–H groups in total. The van der Waals surface area contributed by atoms with E-state index >= 15 is 0 Å². The Morgan fingerprint density at radius 2 is 1.81 bits per heavy atom. The van der Waals surface area contributed by atoms with Crippen molar-refractivity contribution in [3.8, 4) is 0 Å². The van der Waals surface area contributed by atoms with E-state index in [1.54, 1.807) is 0 Å². The third-order valence-corrected chi connectivity index (χ3v) is 4.53. The van der Waals surface area contributed by atoms with Crippen molar-refractivity contribution in [2.24, 2.45) is 5.92 Å². The molecule has 2 aliphatic rings. The van der Waals surface area contributed by atoms with Crippen LogP contribution in [0.4, 0.5) is 0 Å². The fraction of sp³-hybridized carbons (Fsp3) is 1.00. The molecular formula is C14H27NO. The van der Waals surface area contributed by atoms with Crippen molar-refractivity contribution in [1.29, 1.82) is 0 Å². The SMILES string of the molecule is CC(O)CC(C)N1CCCC2CCCCC21. The topological polar surface area (TPSA) is 23.5 Å². The molecule has 2 heteroatoms. The second-order valence-corrected chi connectivity index (χ2v) is 5.93. The predicted octanol–water partition coefficient (Wildman–Crippen LogP) is 2.80. The molecule has 1 saturated carbocycles. The van der Waals surface area contributed by atoms with Crippen LogP contribution in [-0.4, -0.2) is 34.7 Å². The van der Waals surface area contributed by atoms with Gasteiger partial charge >= 0.3 is 0 Å². The number of hydrogen-bond donors (Lipinski definition) is 1. The lowest BCUT2D eigenvalue weighted by Crippen LogP contribution is -2.51. The number of piperidine rings is 1. The molecule has 0 amide bonds. The van der Waals surface area contributed by atoms with Gasteiger partial charge in [-0.25, -0.2) is 0 Å². The van der Waals surface area contributed by atoms with Crippen molar-refractivity contribution in [2.75, 3.05) is 6.54 Å². The fourth-order valence-corrected chi connectivity index (χ4v) is 3.84. The lowest BCUT2D eigenvalue weighted by molar-refractivity contribution is 0.0147. The van der Waals surface area contributed by atoms with Crippen LogP contribution in [0, 0.1) is 5.92 Å². The highest BCUT2D eigenvalue weighted by molar-refractivity contribution is 4.89. The summed E-state index contributed by atoms with van der Waals surface area (Å²) in [6.07, 6.45) is 9.30. The highest BCUT2D eigenvalue weighted by atomic mass is 16.3. The maximum absolute atomic E-state index is 9.52. The average molecular weight is 225 g/mol. The van der Waals surface area contributed by atoms with Gasteiger partial charge in [0.25, 0.3) is 0 Å². The van der Waals surface area contributed by atoms with Crippen LogP contribution in [0.1, 0.15) is 58.8 Å². The van der Waals surface area contributed by atoms with Crippen LogP contribution in [0.5, 0.6) is 0 Å². The van der Waals surface area contributed by atoms with E-state index < -0.39 is 0 Å². The summed E-state index contributed by atoms with van der Waals surface area (Å²) >= 11 is 0. The summed E-state index contributed by atoms with van der Waals surface area (Å²) in [5.74, 6) is 0.957. The Bertz CT molecular complexity index is 215. The molecule has 1 heterocycles. The zero-order chi connectivity index (χ0) is 11.5. The Morgan fingerprint density at radius 1 is 1.12 bits per heavy atom. The molecule has 2 rings (SSSR count). The lowest BCUT2D eigenvalue weighted by atomic mass is 9.77. The summed E-state index contributed by atoms with van der Waals surface area (Å²) in [5.41, 5.74) is 0. The van der Waals surface area contributed by atoms with E-state index in [0.717, 1.165) is 18.4 Å². The molecule has 0 bridgehead atoms. The van der Waals surface area contributed by atoms with Crippen LogP contribution in [0.2, 0.25) is 0 Å². The normalized spacial score (nSPS) is 35.4. The Balaban J connectivity index is 1.96. The average Bonchev–Trinajstić information content (AvgIpc) is 2.27. The molecule has 4 atom stereocenters. The molecule has 2 nitrogen and oxygen atoms in total. The van der Waals surface area contributed by atoms with Crippen molar-refractivity contribution < 1.29 is 5.11 Å². The summed E-state index contributed by atoms with van der Waals surface area (Å²) in [7, 11) is 0. The summed E-state index contributed by atoms with van der Waals surface area (Å²) in [4.78, 5) is 2.69. The van der Waals surface area contributed by atoms with Crippen LogP contribution >= 0.6 is 0 Å². The molecule has 1 aliphatic carbocycles. The Morgan fingerprint density at radius 3 is 2.56 bits per heavy atom. The molecule has 1 aliphatic heterocycles. The summed E-state index contributed by atoms with van der Waals surface area (Å²) in [6, 6.07) is 1.39. The third kappa shape index (κ3) is 2.78. The van der Waals surface area contributed by atoms with Gasteiger partial charge in [-0.2, -0.15) is 0 Å². The first-order valence-electron chi connectivity index (χ1n) is 7.12. The maximum atomic E-state index is 9.52. The van der Waals surface area contributed by atoms with Crippen molar-refractivity contribution >= 4 is 0 Å². The smallest absolute Gasteiger partial charge is 0.0526 e. The second-order valence-electron chi connectivity index (χ2n) is 5.93. The van der Waals surface area contributed by atoms with Gasteiger partial charge in [0.05, 0.1) is 6.10 Å². The number of rotatable bonds is 3. The summed E-state index contributed by atoms with van der Waals surface area (Å²) in [6.45, 7) is 5.47. The van der Waals surface area contributed by atoms with E-state index in [-0.39, 0.29) is 6.10 Å². The molecule has 4 unspecified atom stereocenters. The molecule has 16 heavy (non-hydrogen) atoms. The lowest BCUT2D eigenvalue weighted by Gasteiger charge is -2.47. The minimum absolute atomic E-state index is 0.154. The summed E-state index contributed by atoms with van der Waals surface area (Å²) in [5, 5.41) is 9.52. The van der Waals surface area contributed by atoms with Gasteiger partial charge in [0.1, 0.15) is 0 Å². The molecular weight excluding hydrogens is 198 g/mol. The Labute approximate surface area is 100 Å². The van der Waals surface area contributed by atoms with Gasteiger partial charge < -0.3 is 5.11 Å². The van der Waals surface area contributed by atoms with Crippen LogP contribution < -0.4 is 0 Å². The van der Waals surface area contributed by atoms with Crippen LogP contribution in [0.15, 0.2) is 0 Å². The monoisotopic (exact) mass is 225 g/mol. The van der Waals surface area contributed by atoms with E-state index in [1.807, 2.05) is 6.92 Å². The highest BCUT2D eigenvalue weighted by Crippen LogP contribution is 2.36. The molecule has 0 aromatic carbocycles. The Kier molecular flexibility index (Phi) is 4.26. The molecule has 94 valence electrons. The first-order valence-corrected chi connectivity index (χ1v) is 7.12. The predicted molar refractivity (Wildman–Crippen MR) is 67.4 cm³/mol. The van der Waals surface area contributed by atoms with Gasteiger partial charge in [0.2, 0.25) is 0 Å². The van der Waals surface area contributed by atoms with E-state index in [9.17, 15) is 5.11 Å². The van der Waals surface area contributed by atoms with Crippen molar-refractivity contribution in [3.05, 3.63) is 0 Å². The van der Waals surface area contributed by atoms with Crippen LogP contribution in [0.25, 0.3) is 0 Å². The number of fused-ring (bicyclic) bond motifs is 1. The molecule has 0 radical (unpaired) electrons. The molecule has 0 aromatic heterocycles.